The minimum Gasteiger partial charge on any atom is -0.329 e. The molecule has 0 aliphatic rings. The Balaban J connectivity index is 0.00000180. The molecule has 4 nitrogen and oxygen atoms in total. The van der Waals surface area contributed by atoms with E-state index in [2.05, 4.69) is 10.3 Å². The predicted molar refractivity (Wildman–Crippen MR) is 87.7 cm³/mol. The molecule has 3 N–H and O–H groups in total. The van der Waals surface area contributed by atoms with Gasteiger partial charge in [0, 0.05) is 23.8 Å². The summed E-state index contributed by atoms with van der Waals surface area (Å²) in [4.78, 5) is 16.2. The van der Waals surface area contributed by atoms with Crippen molar-refractivity contribution in [3.63, 3.8) is 0 Å². The Morgan fingerprint density at radius 1 is 1.30 bits per heavy atom. The summed E-state index contributed by atoms with van der Waals surface area (Å²) in [5, 5.41) is 3.88. The molecular formula is C14H19Cl2N3O. The molecule has 1 amide bonds. The molecule has 1 heterocycles. The van der Waals surface area contributed by atoms with Crippen LogP contribution >= 0.6 is 24.8 Å². The minimum atomic E-state index is -0.566. The lowest BCUT2D eigenvalue weighted by atomic mass is 9.92. The minimum absolute atomic E-state index is 0. The number of hydrogen-bond acceptors (Lipinski definition) is 3. The maximum Gasteiger partial charge on any atom is 0.231 e. The molecule has 110 valence electrons. The molecule has 0 aliphatic heterocycles. The molecule has 2 aromatic rings. The molecule has 2 rings (SSSR count). The van der Waals surface area contributed by atoms with Gasteiger partial charge in [-0.2, -0.15) is 0 Å². The third-order valence-corrected chi connectivity index (χ3v) is 2.99. The van der Waals surface area contributed by atoms with E-state index in [1.807, 2.05) is 44.2 Å². The number of anilines is 1. The smallest absolute Gasteiger partial charge is 0.231 e. The molecule has 0 aliphatic carbocycles. The SMILES string of the molecule is CC(C)(CN)C(=O)Nc1ccc2ncccc2c1.Cl.Cl. The predicted octanol–water partition coefficient (Wildman–Crippen LogP) is 3.00. The van der Waals surface area contributed by atoms with E-state index in [0.29, 0.717) is 6.54 Å². The number of fused-ring (bicyclic) bond motifs is 1. The van der Waals surface area contributed by atoms with E-state index in [0.717, 1.165) is 16.6 Å². The van der Waals surface area contributed by atoms with Gasteiger partial charge in [-0.1, -0.05) is 6.07 Å². The third-order valence-electron chi connectivity index (χ3n) is 2.99. The molecule has 0 unspecified atom stereocenters. The van der Waals surface area contributed by atoms with Crippen LogP contribution in [-0.2, 0) is 4.79 Å². The molecule has 0 atom stereocenters. The van der Waals surface area contributed by atoms with Crippen molar-refractivity contribution in [2.75, 3.05) is 11.9 Å². The number of hydrogen-bond donors (Lipinski definition) is 2. The van der Waals surface area contributed by atoms with Crippen molar-refractivity contribution >= 4 is 47.3 Å². The monoisotopic (exact) mass is 315 g/mol. The Labute approximate surface area is 131 Å². The number of nitrogens with one attached hydrogen (secondary N) is 1. The maximum absolute atomic E-state index is 12.0. The lowest BCUT2D eigenvalue weighted by molar-refractivity contribution is -0.123. The summed E-state index contributed by atoms with van der Waals surface area (Å²) in [6.07, 6.45) is 1.75. The molecule has 0 fully saturated rings. The van der Waals surface area contributed by atoms with Crippen molar-refractivity contribution < 1.29 is 4.79 Å². The molecular weight excluding hydrogens is 297 g/mol. The number of pyridine rings is 1. The maximum atomic E-state index is 12.0. The van der Waals surface area contributed by atoms with Gasteiger partial charge in [0.1, 0.15) is 0 Å². The Morgan fingerprint density at radius 3 is 2.65 bits per heavy atom. The highest BCUT2D eigenvalue weighted by molar-refractivity contribution is 5.96. The average Bonchev–Trinajstić information content (AvgIpc) is 2.38. The third kappa shape index (κ3) is 4.07. The van der Waals surface area contributed by atoms with Crippen LogP contribution in [0.15, 0.2) is 36.5 Å². The molecule has 1 aromatic carbocycles. The molecule has 0 spiro atoms. The van der Waals surface area contributed by atoms with Crippen molar-refractivity contribution in [3.8, 4) is 0 Å². The zero-order valence-electron chi connectivity index (χ0n) is 11.4. The van der Waals surface area contributed by atoms with Crippen molar-refractivity contribution in [3.05, 3.63) is 36.5 Å². The fourth-order valence-electron chi connectivity index (χ4n) is 1.55. The van der Waals surface area contributed by atoms with Gasteiger partial charge in [-0.25, -0.2) is 0 Å². The van der Waals surface area contributed by atoms with Crippen LogP contribution in [0.25, 0.3) is 10.9 Å². The normalized spacial score (nSPS) is 10.3. The highest BCUT2D eigenvalue weighted by Gasteiger charge is 2.25. The van der Waals surface area contributed by atoms with Crippen molar-refractivity contribution in [1.82, 2.24) is 4.98 Å². The van der Waals surface area contributed by atoms with Crippen LogP contribution < -0.4 is 11.1 Å². The van der Waals surface area contributed by atoms with Crippen LogP contribution in [0.3, 0.4) is 0 Å². The second kappa shape index (κ2) is 7.43. The van der Waals surface area contributed by atoms with Crippen molar-refractivity contribution in [1.29, 1.82) is 0 Å². The quantitative estimate of drug-likeness (QED) is 0.914. The Kier molecular flexibility index (Phi) is 6.92. The molecule has 0 saturated heterocycles. The van der Waals surface area contributed by atoms with Crippen molar-refractivity contribution in [2.45, 2.75) is 13.8 Å². The fourth-order valence-corrected chi connectivity index (χ4v) is 1.55. The lowest BCUT2D eigenvalue weighted by Gasteiger charge is -2.21. The van der Waals surface area contributed by atoms with E-state index in [1.54, 1.807) is 6.20 Å². The number of amides is 1. The summed E-state index contributed by atoms with van der Waals surface area (Å²) in [6, 6.07) is 9.48. The molecule has 1 aromatic heterocycles. The van der Waals surface area contributed by atoms with Gasteiger partial charge in [-0.15, -0.1) is 24.8 Å². The van der Waals surface area contributed by atoms with Gasteiger partial charge in [-0.3, -0.25) is 9.78 Å². The number of benzene rings is 1. The summed E-state index contributed by atoms with van der Waals surface area (Å²) >= 11 is 0. The van der Waals surface area contributed by atoms with Crippen LogP contribution in [0, 0.1) is 5.41 Å². The Bertz CT molecular complexity index is 587. The summed E-state index contributed by atoms with van der Waals surface area (Å²) in [6.45, 7) is 3.96. The van der Waals surface area contributed by atoms with Crippen LogP contribution in [0.2, 0.25) is 0 Å². The number of halogens is 2. The van der Waals surface area contributed by atoms with Gasteiger partial charge < -0.3 is 11.1 Å². The van der Waals surface area contributed by atoms with E-state index in [-0.39, 0.29) is 30.7 Å². The average molecular weight is 316 g/mol. The number of carbonyl (C=O) groups excluding carboxylic acids is 1. The fraction of sp³-hybridized carbons (Fsp3) is 0.286. The molecule has 0 bridgehead atoms. The van der Waals surface area contributed by atoms with Gasteiger partial charge in [-0.05, 0) is 38.1 Å². The van der Waals surface area contributed by atoms with E-state index in [4.69, 9.17) is 5.73 Å². The molecule has 0 radical (unpaired) electrons. The largest absolute Gasteiger partial charge is 0.329 e. The van der Waals surface area contributed by atoms with Crippen LogP contribution in [0.4, 0.5) is 5.69 Å². The number of rotatable bonds is 3. The molecule has 0 saturated carbocycles. The first-order valence-corrected chi connectivity index (χ1v) is 5.89. The van der Waals surface area contributed by atoms with Gasteiger partial charge in [0.15, 0.2) is 0 Å². The number of nitrogens with zero attached hydrogens (tertiary/aromatic N) is 1. The first-order chi connectivity index (χ1) is 8.53. The van der Waals surface area contributed by atoms with E-state index in [9.17, 15) is 4.79 Å². The Morgan fingerprint density at radius 2 is 2.00 bits per heavy atom. The number of nitrogens with two attached hydrogens (primary N) is 1. The summed E-state index contributed by atoms with van der Waals surface area (Å²) in [5.41, 5.74) is 6.69. The highest BCUT2D eigenvalue weighted by atomic mass is 35.5. The second-order valence-corrected chi connectivity index (χ2v) is 4.95. The standard InChI is InChI=1S/C14H17N3O.2ClH/c1-14(2,9-15)13(18)17-11-5-6-12-10(8-11)4-3-7-16-12;;/h3-8H,9,15H2,1-2H3,(H,17,18);2*1H. The van der Waals surface area contributed by atoms with E-state index < -0.39 is 5.41 Å². The van der Waals surface area contributed by atoms with Crippen LogP contribution in [0.5, 0.6) is 0 Å². The van der Waals surface area contributed by atoms with Crippen LogP contribution in [0.1, 0.15) is 13.8 Å². The summed E-state index contributed by atoms with van der Waals surface area (Å²) in [5.74, 6) is -0.0757. The van der Waals surface area contributed by atoms with Gasteiger partial charge in [0.2, 0.25) is 5.91 Å². The Hall–Kier alpha value is -1.36. The highest BCUT2D eigenvalue weighted by Crippen LogP contribution is 2.20. The summed E-state index contributed by atoms with van der Waals surface area (Å²) in [7, 11) is 0. The van der Waals surface area contributed by atoms with Crippen molar-refractivity contribution in [2.24, 2.45) is 11.1 Å². The van der Waals surface area contributed by atoms with E-state index in [1.165, 1.54) is 0 Å². The van der Waals surface area contributed by atoms with Gasteiger partial charge in [0.05, 0.1) is 10.9 Å². The molecule has 20 heavy (non-hydrogen) atoms. The van der Waals surface area contributed by atoms with E-state index >= 15 is 0 Å². The number of carbonyl (C=O) groups is 1. The second-order valence-electron chi connectivity index (χ2n) is 4.95. The van der Waals surface area contributed by atoms with Crippen LogP contribution in [-0.4, -0.2) is 17.4 Å². The van der Waals surface area contributed by atoms with Gasteiger partial charge >= 0.3 is 0 Å². The first kappa shape index (κ1) is 18.6. The summed E-state index contributed by atoms with van der Waals surface area (Å²) < 4.78 is 0. The lowest BCUT2D eigenvalue weighted by Crippen LogP contribution is -2.37. The topological polar surface area (TPSA) is 68.0 Å². The zero-order chi connectivity index (χ0) is 13.2. The number of aromatic nitrogens is 1. The van der Waals surface area contributed by atoms with Gasteiger partial charge in [0.25, 0.3) is 0 Å². The molecule has 6 heteroatoms. The zero-order valence-corrected chi connectivity index (χ0v) is 13.1. The first-order valence-electron chi connectivity index (χ1n) is 5.89.